The lowest BCUT2D eigenvalue weighted by Crippen LogP contribution is -2.39. The third kappa shape index (κ3) is 5.18. The van der Waals surface area contributed by atoms with Gasteiger partial charge in [0.15, 0.2) is 0 Å². The molecule has 2 rings (SSSR count). The molecule has 0 spiro atoms. The fraction of sp³-hybridized carbons (Fsp3) is 0.294. The average Bonchev–Trinajstić information content (AvgIpc) is 2.83. The van der Waals surface area contributed by atoms with Gasteiger partial charge in [-0.15, -0.1) is 0 Å². The average molecular weight is 442 g/mol. The van der Waals surface area contributed by atoms with E-state index in [1.807, 2.05) is 13.0 Å². The van der Waals surface area contributed by atoms with Crippen LogP contribution in [0.15, 0.2) is 38.3 Å². The molecule has 0 saturated carbocycles. The highest BCUT2D eigenvalue weighted by Crippen LogP contribution is 2.23. The van der Waals surface area contributed by atoms with Gasteiger partial charge in [-0.2, -0.15) is 5.10 Å². The van der Waals surface area contributed by atoms with Crippen molar-refractivity contribution in [3.63, 3.8) is 0 Å². The summed E-state index contributed by atoms with van der Waals surface area (Å²) in [6, 6.07) is 7.06. The van der Waals surface area contributed by atoms with Crippen molar-refractivity contribution in [2.75, 3.05) is 17.1 Å². The van der Waals surface area contributed by atoms with Crippen LogP contribution in [0.25, 0.3) is 0 Å². The second-order valence-electron chi connectivity index (χ2n) is 5.91. The van der Waals surface area contributed by atoms with E-state index in [-0.39, 0.29) is 6.54 Å². The monoisotopic (exact) mass is 441 g/mol. The van der Waals surface area contributed by atoms with Crippen molar-refractivity contribution < 1.29 is 17.6 Å². The number of hydrazone groups is 1. The van der Waals surface area contributed by atoms with Crippen LogP contribution >= 0.6 is 15.9 Å². The van der Waals surface area contributed by atoms with Crippen molar-refractivity contribution in [3.05, 3.63) is 51.4 Å². The fourth-order valence-electron chi connectivity index (χ4n) is 2.35. The molecule has 1 aromatic heterocycles. The van der Waals surface area contributed by atoms with E-state index >= 15 is 0 Å². The van der Waals surface area contributed by atoms with Crippen LogP contribution in [0.4, 0.5) is 5.69 Å². The first-order chi connectivity index (χ1) is 12.1. The molecule has 0 unspecified atom stereocenters. The van der Waals surface area contributed by atoms with Crippen LogP contribution in [-0.4, -0.2) is 33.3 Å². The van der Waals surface area contributed by atoms with Gasteiger partial charge in [-0.3, -0.25) is 9.10 Å². The number of rotatable bonds is 6. The summed E-state index contributed by atoms with van der Waals surface area (Å²) in [5.41, 5.74) is 4.55. The molecule has 0 fully saturated rings. The normalized spacial score (nSPS) is 11.7. The molecular formula is C17H20BrN3O4S. The van der Waals surface area contributed by atoms with Gasteiger partial charge >= 0.3 is 0 Å². The van der Waals surface area contributed by atoms with Crippen molar-refractivity contribution >= 4 is 43.8 Å². The zero-order chi connectivity index (χ0) is 19.5. The van der Waals surface area contributed by atoms with Crippen molar-refractivity contribution in [2.45, 2.75) is 20.8 Å². The number of aryl methyl sites for hydroxylation is 3. The van der Waals surface area contributed by atoms with Crippen molar-refractivity contribution in [1.82, 2.24) is 5.43 Å². The fourth-order valence-corrected chi connectivity index (χ4v) is 3.57. The summed E-state index contributed by atoms with van der Waals surface area (Å²) >= 11 is 3.31. The summed E-state index contributed by atoms with van der Waals surface area (Å²) in [5, 5.41) is 3.80. The summed E-state index contributed by atoms with van der Waals surface area (Å²) in [5.74, 6) is 0.592. The second-order valence-corrected chi connectivity index (χ2v) is 8.67. The second kappa shape index (κ2) is 8.05. The Morgan fingerprint density at radius 2 is 2.00 bits per heavy atom. The van der Waals surface area contributed by atoms with Crippen molar-refractivity contribution in [1.29, 1.82) is 0 Å². The number of sulfonamides is 1. The molecular weight excluding hydrogens is 422 g/mol. The summed E-state index contributed by atoms with van der Waals surface area (Å²) in [7, 11) is -3.63. The van der Waals surface area contributed by atoms with Crippen LogP contribution in [0.3, 0.4) is 0 Å². The Morgan fingerprint density at radius 3 is 2.54 bits per heavy atom. The lowest BCUT2D eigenvalue weighted by Gasteiger charge is -2.23. The van der Waals surface area contributed by atoms with E-state index in [0.717, 1.165) is 26.2 Å². The van der Waals surface area contributed by atoms with Gasteiger partial charge < -0.3 is 4.42 Å². The first-order valence-corrected chi connectivity index (χ1v) is 10.3. The van der Waals surface area contributed by atoms with Crippen LogP contribution in [-0.2, 0) is 14.8 Å². The zero-order valence-electron chi connectivity index (χ0n) is 14.9. The predicted octanol–water partition coefficient (Wildman–Crippen LogP) is 2.88. The van der Waals surface area contributed by atoms with E-state index in [2.05, 4.69) is 26.5 Å². The Bertz CT molecular complexity index is 931. The number of halogens is 1. The smallest absolute Gasteiger partial charge is 0.260 e. The van der Waals surface area contributed by atoms with Gasteiger partial charge in [-0.25, -0.2) is 13.8 Å². The molecule has 26 heavy (non-hydrogen) atoms. The lowest BCUT2D eigenvalue weighted by molar-refractivity contribution is -0.119. The third-order valence-corrected chi connectivity index (χ3v) is 5.48. The minimum absolute atomic E-state index is 0.374. The highest BCUT2D eigenvalue weighted by atomic mass is 79.9. The number of carbonyl (C=O) groups excluding carboxylic acids is 1. The first-order valence-electron chi connectivity index (χ1n) is 7.70. The summed E-state index contributed by atoms with van der Waals surface area (Å²) in [4.78, 5) is 12.1. The largest absolute Gasteiger partial charge is 0.459 e. The van der Waals surface area contributed by atoms with E-state index in [1.54, 1.807) is 32.0 Å². The van der Waals surface area contributed by atoms with E-state index in [4.69, 9.17) is 4.42 Å². The SMILES string of the molecule is Cc1ccc(N(CC(=O)N/N=C\c2cc(Br)c(C)o2)S(C)(=O)=O)c(C)c1. The summed E-state index contributed by atoms with van der Waals surface area (Å²) in [6.45, 7) is 5.13. The Balaban J connectivity index is 2.12. The van der Waals surface area contributed by atoms with Crippen LogP contribution in [0.5, 0.6) is 0 Å². The molecule has 0 radical (unpaired) electrons. The molecule has 1 heterocycles. The standard InChI is InChI=1S/C17H20BrN3O4S/c1-11-5-6-16(12(2)7-11)21(26(4,23)24)10-17(22)20-19-9-14-8-15(18)13(3)25-14/h5-9H,10H2,1-4H3,(H,20,22)/b19-9-. The maximum Gasteiger partial charge on any atom is 0.260 e. The molecule has 7 nitrogen and oxygen atoms in total. The minimum Gasteiger partial charge on any atom is -0.459 e. The Kier molecular flexibility index (Phi) is 6.25. The number of anilines is 1. The predicted molar refractivity (Wildman–Crippen MR) is 105 cm³/mol. The number of nitrogens with zero attached hydrogens (tertiary/aromatic N) is 2. The Hall–Kier alpha value is -2.13. The summed E-state index contributed by atoms with van der Waals surface area (Å²) < 4.78 is 31.5. The molecule has 1 amide bonds. The maximum atomic E-state index is 12.1. The number of carbonyl (C=O) groups is 1. The molecule has 2 aromatic rings. The molecule has 0 aliphatic carbocycles. The van der Waals surface area contributed by atoms with E-state index < -0.39 is 15.9 Å². The number of hydrogen-bond acceptors (Lipinski definition) is 5. The molecule has 0 aliphatic heterocycles. The Labute approximate surface area is 161 Å². The molecule has 1 N–H and O–H groups in total. The molecule has 0 saturated heterocycles. The quantitative estimate of drug-likeness (QED) is 0.550. The maximum absolute atomic E-state index is 12.1. The van der Waals surface area contributed by atoms with Crippen molar-refractivity contribution in [2.24, 2.45) is 5.10 Å². The van der Waals surface area contributed by atoms with Crippen LogP contribution in [0, 0.1) is 20.8 Å². The van der Waals surface area contributed by atoms with Crippen LogP contribution < -0.4 is 9.73 Å². The van der Waals surface area contributed by atoms with Gasteiger partial charge in [-0.1, -0.05) is 17.7 Å². The highest BCUT2D eigenvalue weighted by molar-refractivity contribution is 9.10. The topological polar surface area (TPSA) is 92.0 Å². The highest BCUT2D eigenvalue weighted by Gasteiger charge is 2.22. The first kappa shape index (κ1) is 20.2. The van der Waals surface area contributed by atoms with E-state index in [0.29, 0.717) is 17.2 Å². The van der Waals surface area contributed by atoms with Gasteiger partial charge in [0, 0.05) is 6.07 Å². The number of benzene rings is 1. The molecule has 1 aromatic carbocycles. The van der Waals surface area contributed by atoms with Crippen molar-refractivity contribution in [3.8, 4) is 0 Å². The Morgan fingerprint density at radius 1 is 1.31 bits per heavy atom. The van der Waals surface area contributed by atoms with E-state index in [1.165, 1.54) is 6.21 Å². The molecule has 0 atom stereocenters. The third-order valence-electron chi connectivity index (χ3n) is 3.57. The number of nitrogens with one attached hydrogen (secondary N) is 1. The van der Waals surface area contributed by atoms with Gasteiger partial charge in [0.2, 0.25) is 10.0 Å². The zero-order valence-corrected chi connectivity index (χ0v) is 17.3. The number of amides is 1. The number of hydrogen-bond donors (Lipinski definition) is 1. The molecule has 0 bridgehead atoms. The molecule has 9 heteroatoms. The number of furan rings is 1. The van der Waals surface area contributed by atoms with Gasteiger partial charge in [0.1, 0.15) is 18.1 Å². The summed E-state index contributed by atoms with van der Waals surface area (Å²) in [6.07, 6.45) is 2.41. The molecule has 140 valence electrons. The van der Waals surface area contributed by atoms with Crippen LogP contribution in [0.1, 0.15) is 22.6 Å². The molecule has 0 aliphatic rings. The lowest BCUT2D eigenvalue weighted by atomic mass is 10.1. The van der Waals surface area contributed by atoms with E-state index in [9.17, 15) is 13.2 Å². The van der Waals surface area contributed by atoms with Crippen LogP contribution in [0.2, 0.25) is 0 Å². The minimum atomic E-state index is -3.63. The van der Waals surface area contributed by atoms with Gasteiger partial charge in [0.25, 0.3) is 5.91 Å². The van der Waals surface area contributed by atoms with Gasteiger partial charge in [0.05, 0.1) is 22.6 Å². The van der Waals surface area contributed by atoms with Gasteiger partial charge in [-0.05, 0) is 48.3 Å².